The van der Waals surface area contributed by atoms with Crippen molar-refractivity contribution in [1.82, 2.24) is 4.57 Å². The molecule has 2 nitrogen and oxygen atoms in total. The van der Waals surface area contributed by atoms with E-state index in [2.05, 4.69) is 47.2 Å². The maximum atomic E-state index is 12.8. The number of aryl methyl sites for hydroxylation is 1. The molecular formula is C23H19NOS. The zero-order valence-electron chi connectivity index (χ0n) is 14.8. The number of benzene rings is 2. The van der Waals surface area contributed by atoms with Crippen LogP contribution in [-0.2, 0) is 0 Å². The van der Waals surface area contributed by atoms with Crippen molar-refractivity contribution in [1.29, 1.82) is 0 Å². The van der Waals surface area contributed by atoms with E-state index >= 15 is 0 Å². The first kappa shape index (κ1) is 16.6. The summed E-state index contributed by atoms with van der Waals surface area (Å²) in [5.74, 6) is 0. The van der Waals surface area contributed by atoms with Crippen LogP contribution in [0.1, 0.15) is 11.1 Å². The fraction of sp³-hybridized carbons (Fsp3) is 0.0870. The van der Waals surface area contributed by atoms with Crippen molar-refractivity contribution in [3.8, 4) is 27.5 Å². The largest absolute Gasteiger partial charge is 0.308 e. The summed E-state index contributed by atoms with van der Waals surface area (Å²) in [6.45, 7) is 4.02. The number of nitrogens with zero attached hydrogens (tertiary/aromatic N) is 1. The lowest BCUT2D eigenvalue weighted by Gasteiger charge is -2.21. The van der Waals surface area contributed by atoms with Crippen LogP contribution in [0.4, 0.5) is 0 Å². The van der Waals surface area contributed by atoms with E-state index in [-0.39, 0.29) is 5.43 Å². The molecule has 0 saturated heterocycles. The number of aromatic nitrogens is 1. The molecule has 3 heteroatoms. The second-order valence-electron chi connectivity index (χ2n) is 6.34. The van der Waals surface area contributed by atoms with E-state index in [1.807, 2.05) is 43.3 Å². The molecule has 0 amide bonds. The molecule has 0 aliphatic heterocycles. The number of thiophene rings is 1. The minimum Gasteiger partial charge on any atom is -0.308 e. The first-order valence-corrected chi connectivity index (χ1v) is 9.47. The zero-order chi connectivity index (χ0) is 18.1. The predicted molar refractivity (Wildman–Crippen MR) is 110 cm³/mol. The van der Waals surface area contributed by atoms with Crippen LogP contribution in [0.25, 0.3) is 27.5 Å². The third-order valence-electron chi connectivity index (χ3n) is 4.62. The van der Waals surface area contributed by atoms with Gasteiger partial charge >= 0.3 is 0 Å². The third-order valence-corrected chi connectivity index (χ3v) is 5.64. The molecule has 2 heterocycles. The summed E-state index contributed by atoms with van der Waals surface area (Å²) in [5.41, 5.74) is 6.01. The fourth-order valence-electron chi connectivity index (χ4n) is 3.26. The first-order chi connectivity index (χ1) is 12.7. The molecule has 0 fully saturated rings. The maximum Gasteiger partial charge on any atom is 0.185 e. The van der Waals surface area contributed by atoms with E-state index in [9.17, 15) is 4.79 Å². The molecule has 0 aliphatic rings. The average molecular weight is 357 g/mol. The second-order valence-corrected chi connectivity index (χ2v) is 7.25. The number of para-hydroxylation sites is 1. The SMILES string of the molecule is Cc1ccsc1-c1c(C)c(=O)cc(-c2ccccc2)n1-c1ccccc1. The summed E-state index contributed by atoms with van der Waals surface area (Å²) in [6.07, 6.45) is 0. The average Bonchev–Trinajstić information content (AvgIpc) is 3.10. The highest BCUT2D eigenvalue weighted by atomic mass is 32.1. The highest BCUT2D eigenvalue weighted by Gasteiger charge is 2.19. The Bertz CT molecular complexity index is 1110. The Labute approximate surface area is 157 Å². The summed E-state index contributed by atoms with van der Waals surface area (Å²) in [4.78, 5) is 14.0. The minimum atomic E-state index is 0.0684. The first-order valence-electron chi connectivity index (χ1n) is 8.59. The molecule has 128 valence electrons. The normalized spacial score (nSPS) is 10.8. The van der Waals surface area contributed by atoms with E-state index in [4.69, 9.17) is 0 Å². The molecule has 4 aromatic rings. The van der Waals surface area contributed by atoms with Gasteiger partial charge in [-0.05, 0) is 48.6 Å². The number of pyridine rings is 1. The van der Waals surface area contributed by atoms with E-state index in [1.165, 1.54) is 5.56 Å². The topological polar surface area (TPSA) is 22.0 Å². The molecule has 0 aliphatic carbocycles. The van der Waals surface area contributed by atoms with Gasteiger partial charge in [-0.1, -0.05) is 48.5 Å². The lowest BCUT2D eigenvalue weighted by Crippen LogP contribution is -2.15. The molecule has 0 atom stereocenters. The molecule has 2 aromatic carbocycles. The van der Waals surface area contributed by atoms with Crippen LogP contribution >= 0.6 is 11.3 Å². The van der Waals surface area contributed by atoms with Crippen LogP contribution in [0.2, 0.25) is 0 Å². The van der Waals surface area contributed by atoms with Crippen LogP contribution in [0, 0.1) is 13.8 Å². The van der Waals surface area contributed by atoms with Crippen molar-refractivity contribution in [2.75, 3.05) is 0 Å². The van der Waals surface area contributed by atoms with Crippen molar-refractivity contribution in [2.45, 2.75) is 13.8 Å². The Hall–Kier alpha value is -2.91. The number of rotatable bonds is 3. The lowest BCUT2D eigenvalue weighted by molar-refractivity contribution is 1.04. The van der Waals surface area contributed by atoms with Gasteiger partial charge in [0.15, 0.2) is 5.43 Å². The Morgan fingerprint density at radius 2 is 1.50 bits per heavy atom. The molecule has 0 N–H and O–H groups in total. The summed E-state index contributed by atoms with van der Waals surface area (Å²) < 4.78 is 2.21. The standard InChI is InChI=1S/C23H19NOS/c1-16-13-14-26-23(16)22-17(2)21(25)15-20(18-9-5-3-6-10-18)24(22)19-11-7-4-8-12-19/h3-15H,1-2H3. The third kappa shape index (κ3) is 2.80. The molecule has 0 spiro atoms. The number of hydrogen-bond donors (Lipinski definition) is 0. The van der Waals surface area contributed by atoms with Gasteiger partial charge in [0.05, 0.1) is 16.3 Å². The molecule has 0 saturated carbocycles. The minimum absolute atomic E-state index is 0.0684. The van der Waals surface area contributed by atoms with Crippen LogP contribution in [-0.4, -0.2) is 4.57 Å². The van der Waals surface area contributed by atoms with Gasteiger partial charge in [0, 0.05) is 17.3 Å². The predicted octanol–water partition coefficient (Wildman–Crippen LogP) is 5.85. The molecule has 4 rings (SSSR count). The monoisotopic (exact) mass is 357 g/mol. The van der Waals surface area contributed by atoms with E-state index in [0.717, 1.165) is 33.1 Å². The molecular weight excluding hydrogens is 338 g/mol. The molecule has 2 aromatic heterocycles. The fourth-order valence-corrected chi connectivity index (χ4v) is 4.27. The molecule has 0 unspecified atom stereocenters. The smallest absolute Gasteiger partial charge is 0.185 e. The van der Waals surface area contributed by atoms with Gasteiger partial charge in [0.1, 0.15) is 0 Å². The Morgan fingerprint density at radius 3 is 2.12 bits per heavy atom. The van der Waals surface area contributed by atoms with Crippen LogP contribution in [0.15, 0.2) is 83.0 Å². The second kappa shape index (κ2) is 6.77. The van der Waals surface area contributed by atoms with Crippen molar-refractivity contribution in [3.63, 3.8) is 0 Å². The Morgan fingerprint density at radius 1 is 0.846 bits per heavy atom. The quantitative estimate of drug-likeness (QED) is 0.451. The van der Waals surface area contributed by atoms with Crippen LogP contribution in [0.5, 0.6) is 0 Å². The Balaban J connectivity index is 2.16. The van der Waals surface area contributed by atoms with E-state index in [1.54, 1.807) is 17.4 Å². The van der Waals surface area contributed by atoms with E-state index < -0.39 is 0 Å². The zero-order valence-corrected chi connectivity index (χ0v) is 15.6. The van der Waals surface area contributed by atoms with Gasteiger partial charge in [0.2, 0.25) is 0 Å². The summed E-state index contributed by atoms with van der Waals surface area (Å²) >= 11 is 1.68. The van der Waals surface area contributed by atoms with Gasteiger partial charge in [-0.15, -0.1) is 11.3 Å². The summed E-state index contributed by atoms with van der Waals surface area (Å²) in [6, 6.07) is 24.2. The highest BCUT2D eigenvalue weighted by Crippen LogP contribution is 2.35. The summed E-state index contributed by atoms with van der Waals surface area (Å²) in [7, 11) is 0. The molecule has 0 bridgehead atoms. The van der Waals surface area contributed by atoms with E-state index in [0.29, 0.717) is 0 Å². The maximum absolute atomic E-state index is 12.8. The summed E-state index contributed by atoms with van der Waals surface area (Å²) in [5, 5.41) is 2.08. The van der Waals surface area contributed by atoms with Crippen molar-refractivity contribution in [3.05, 3.63) is 99.5 Å². The van der Waals surface area contributed by atoms with Crippen LogP contribution in [0.3, 0.4) is 0 Å². The van der Waals surface area contributed by atoms with Gasteiger partial charge < -0.3 is 4.57 Å². The molecule has 26 heavy (non-hydrogen) atoms. The highest BCUT2D eigenvalue weighted by molar-refractivity contribution is 7.13. The van der Waals surface area contributed by atoms with Gasteiger partial charge in [-0.3, -0.25) is 4.79 Å². The van der Waals surface area contributed by atoms with Gasteiger partial charge in [0.25, 0.3) is 0 Å². The number of hydrogen-bond acceptors (Lipinski definition) is 2. The van der Waals surface area contributed by atoms with Crippen molar-refractivity contribution < 1.29 is 0 Å². The van der Waals surface area contributed by atoms with Crippen molar-refractivity contribution in [2.24, 2.45) is 0 Å². The molecule has 0 radical (unpaired) electrons. The Kier molecular flexibility index (Phi) is 4.31. The van der Waals surface area contributed by atoms with Gasteiger partial charge in [-0.2, -0.15) is 0 Å². The van der Waals surface area contributed by atoms with Crippen molar-refractivity contribution >= 4 is 11.3 Å². The lowest BCUT2D eigenvalue weighted by atomic mass is 10.0. The van der Waals surface area contributed by atoms with Crippen LogP contribution < -0.4 is 5.43 Å². The van der Waals surface area contributed by atoms with Gasteiger partial charge in [-0.25, -0.2) is 0 Å².